The third kappa shape index (κ3) is 1.83. The number of rotatable bonds is 2. The lowest BCUT2D eigenvalue weighted by Crippen LogP contribution is -1.89. The lowest BCUT2D eigenvalue weighted by atomic mass is 10.2. The first-order chi connectivity index (χ1) is 7.24. The van der Waals surface area contributed by atoms with Crippen LogP contribution in [0.5, 0.6) is 11.6 Å². The van der Waals surface area contributed by atoms with Crippen molar-refractivity contribution in [2.45, 2.75) is 0 Å². The largest absolute Gasteiger partial charge is 0.497 e. The SMILES string of the molecule is COc1ccc2c(Cl)nc(OC)cc2c1. The molecule has 0 bridgehead atoms. The summed E-state index contributed by atoms with van der Waals surface area (Å²) >= 11 is 6.00. The predicted molar refractivity (Wildman–Crippen MR) is 59.9 cm³/mol. The second kappa shape index (κ2) is 3.95. The molecule has 0 aliphatic heterocycles. The molecule has 0 atom stereocenters. The van der Waals surface area contributed by atoms with Gasteiger partial charge in [0.2, 0.25) is 5.88 Å². The first-order valence-corrected chi connectivity index (χ1v) is 4.80. The van der Waals surface area contributed by atoms with Crippen molar-refractivity contribution in [3.8, 4) is 11.6 Å². The molecule has 15 heavy (non-hydrogen) atoms. The quantitative estimate of drug-likeness (QED) is 0.734. The fourth-order valence-electron chi connectivity index (χ4n) is 1.40. The van der Waals surface area contributed by atoms with Gasteiger partial charge >= 0.3 is 0 Å². The molecule has 0 aliphatic carbocycles. The van der Waals surface area contributed by atoms with E-state index in [0.717, 1.165) is 16.5 Å². The van der Waals surface area contributed by atoms with Crippen LogP contribution in [-0.2, 0) is 0 Å². The number of methoxy groups -OCH3 is 2. The van der Waals surface area contributed by atoms with E-state index >= 15 is 0 Å². The monoisotopic (exact) mass is 223 g/mol. The summed E-state index contributed by atoms with van der Waals surface area (Å²) in [5.41, 5.74) is 0. The zero-order valence-electron chi connectivity index (χ0n) is 8.45. The number of halogens is 1. The summed E-state index contributed by atoms with van der Waals surface area (Å²) < 4.78 is 10.2. The van der Waals surface area contributed by atoms with Crippen LogP contribution in [0.15, 0.2) is 24.3 Å². The summed E-state index contributed by atoms with van der Waals surface area (Å²) in [6, 6.07) is 7.44. The Balaban J connectivity index is 2.69. The van der Waals surface area contributed by atoms with Crippen molar-refractivity contribution in [3.05, 3.63) is 29.4 Å². The molecule has 2 rings (SSSR count). The molecule has 0 unspecified atom stereocenters. The molecule has 78 valence electrons. The van der Waals surface area contributed by atoms with Crippen LogP contribution < -0.4 is 9.47 Å². The molecule has 0 radical (unpaired) electrons. The van der Waals surface area contributed by atoms with Crippen molar-refractivity contribution >= 4 is 22.4 Å². The summed E-state index contributed by atoms with van der Waals surface area (Å²) in [5, 5.41) is 2.27. The highest BCUT2D eigenvalue weighted by atomic mass is 35.5. The normalized spacial score (nSPS) is 10.3. The predicted octanol–water partition coefficient (Wildman–Crippen LogP) is 2.91. The van der Waals surface area contributed by atoms with Gasteiger partial charge in [0.1, 0.15) is 10.9 Å². The summed E-state index contributed by atoms with van der Waals surface area (Å²) in [7, 11) is 3.19. The number of hydrogen-bond donors (Lipinski definition) is 0. The highest BCUT2D eigenvalue weighted by molar-refractivity contribution is 6.34. The number of pyridine rings is 1. The molecular weight excluding hydrogens is 214 g/mol. The molecule has 0 fully saturated rings. The number of nitrogens with zero attached hydrogens (tertiary/aromatic N) is 1. The molecule has 1 heterocycles. The number of fused-ring (bicyclic) bond motifs is 1. The number of aromatic nitrogens is 1. The summed E-state index contributed by atoms with van der Waals surface area (Å²) in [6.07, 6.45) is 0. The van der Waals surface area contributed by atoms with E-state index in [4.69, 9.17) is 21.1 Å². The van der Waals surface area contributed by atoms with Gasteiger partial charge in [-0.05, 0) is 23.6 Å². The molecule has 0 saturated carbocycles. The van der Waals surface area contributed by atoms with Crippen LogP contribution in [0.1, 0.15) is 0 Å². The van der Waals surface area contributed by atoms with Gasteiger partial charge in [-0.2, -0.15) is 0 Å². The van der Waals surface area contributed by atoms with E-state index in [0.29, 0.717) is 11.0 Å². The minimum atomic E-state index is 0.437. The average molecular weight is 224 g/mol. The third-order valence-corrected chi connectivity index (χ3v) is 2.47. The van der Waals surface area contributed by atoms with E-state index in [9.17, 15) is 0 Å². The van der Waals surface area contributed by atoms with Gasteiger partial charge in [0, 0.05) is 11.5 Å². The molecule has 1 aromatic heterocycles. The van der Waals surface area contributed by atoms with Gasteiger partial charge in [-0.15, -0.1) is 0 Å². The minimum Gasteiger partial charge on any atom is -0.497 e. The lowest BCUT2D eigenvalue weighted by molar-refractivity contribution is 0.398. The third-order valence-electron chi connectivity index (χ3n) is 2.18. The van der Waals surface area contributed by atoms with Gasteiger partial charge in [0.15, 0.2) is 0 Å². The maximum atomic E-state index is 6.00. The van der Waals surface area contributed by atoms with E-state index in [1.54, 1.807) is 14.2 Å². The Hall–Kier alpha value is -1.48. The fraction of sp³-hybridized carbons (Fsp3) is 0.182. The summed E-state index contributed by atoms with van der Waals surface area (Å²) in [5.74, 6) is 1.28. The standard InChI is InChI=1S/C11H10ClNO2/c1-14-8-3-4-9-7(5-8)6-10(15-2)13-11(9)12/h3-6H,1-2H3. The second-order valence-corrected chi connectivity index (χ2v) is 3.40. The van der Waals surface area contributed by atoms with Gasteiger partial charge < -0.3 is 9.47 Å². The highest BCUT2D eigenvalue weighted by Gasteiger charge is 2.05. The molecule has 0 N–H and O–H groups in total. The zero-order chi connectivity index (χ0) is 10.8. The highest BCUT2D eigenvalue weighted by Crippen LogP contribution is 2.28. The van der Waals surface area contributed by atoms with Crippen LogP contribution in [-0.4, -0.2) is 19.2 Å². The van der Waals surface area contributed by atoms with Crippen molar-refractivity contribution in [3.63, 3.8) is 0 Å². The van der Waals surface area contributed by atoms with E-state index in [2.05, 4.69) is 4.98 Å². The average Bonchev–Trinajstić information content (AvgIpc) is 2.28. The Morgan fingerprint density at radius 1 is 1.13 bits per heavy atom. The Labute approximate surface area is 92.6 Å². The maximum Gasteiger partial charge on any atom is 0.215 e. The molecule has 2 aromatic rings. The van der Waals surface area contributed by atoms with Gasteiger partial charge in [-0.1, -0.05) is 11.6 Å². The molecule has 4 heteroatoms. The van der Waals surface area contributed by atoms with Crippen LogP contribution in [0, 0.1) is 0 Å². The smallest absolute Gasteiger partial charge is 0.215 e. The van der Waals surface area contributed by atoms with Gasteiger partial charge in [-0.25, -0.2) is 4.98 Å². The van der Waals surface area contributed by atoms with Crippen LogP contribution in [0.4, 0.5) is 0 Å². The Kier molecular flexibility index (Phi) is 2.64. The molecule has 0 spiro atoms. The second-order valence-electron chi connectivity index (χ2n) is 3.04. The van der Waals surface area contributed by atoms with Crippen molar-refractivity contribution < 1.29 is 9.47 Å². The minimum absolute atomic E-state index is 0.437. The topological polar surface area (TPSA) is 31.4 Å². The van der Waals surface area contributed by atoms with E-state index in [1.807, 2.05) is 24.3 Å². The van der Waals surface area contributed by atoms with E-state index in [1.165, 1.54) is 0 Å². The molecule has 1 aromatic carbocycles. The first-order valence-electron chi connectivity index (χ1n) is 4.43. The Bertz CT molecular complexity index is 494. The van der Waals surface area contributed by atoms with Crippen molar-refractivity contribution in [1.29, 1.82) is 0 Å². The molecule has 3 nitrogen and oxygen atoms in total. The van der Waals surface area contributed by atoms with Crippen LogP contribution >= 0.6 is 11.6 Å². The van der Waals surface area contributed by atoms with Gasteiger partial charge in [0.05, 0.1) is 14.2 Å². The van der Waals surface area contributed by atoms with E-state index < -0.39 is 0 Å². The fourth-order valence-corrected chi connectivity index (χ4v) is 1.66. The van der Waals surface area contributed by atoms with E-state index in [-0.39, 0.29) is 0 Å². The Morgan fingerprint density at radius 3 is 2.60 bits per heavy atom. The van der Waals surface area contributed by atoms with Crippen LogP contribution in [0.25, 0.3) is 10.8 Å². The Morgan fingerprint density at radius 2 is 1.93 bits per heavy atom. The van der Waals surface area contributed by atoms with Gasteiger partial charge in [0.25, 0.3) is 0 Å². The van der Waals surface area contributed by atoms with Crippen LogP contribution in [0.2, 0.25) is 5.15 Å². The molecule has 0 saturated heterocycles. The molecule has 0 amide bonds. The summed E-state index contributed by atoms with van der Waals surface area (Å²) in [6.45, 7) is 0. The van der Waals surface area contributed by atoms with Crippen molar-refractivity contribution in [2.24, 2.45) is 0 Å². The lowest BCUT2D eigenvalue weighted by Gasteiger charge is -2.05. The zero-order valence-corrected chi connectivity index (χ0v) is 9.21. The van der Waals surface area contributed by atoms with Crippen molar-refractivity contribution in [1.82, 2.24) is 4.98 Å². The number of hydrogen-bond acceptors (Lipinski definition) is 3. The molecular formula is C11H10ClNO2. The molecule has 0 aliphatic rings. The van der Waals surface area contributed by atoms with Crippen LogP contribution in [0.3, 0.4) is 0 Å². The number of ether oxygens (including phenoxy) is 2. The maximum absolute atomic E-state index is 6.00. The summed E-state index contributed by atoms with van der Waals surface area (Å²) in [4.78, 5) is 4.08. The van der Waals surface area contributed by atoms with Crippen molar-refractivity contribution in [2.75, 3.05) is 14.2 Å². The first kappa shape index (κ1) is 10.1. The number of benzene rings is 1. The van der Waals surface area contributed by atoms with Gasteiger partial charge in [-0.3, -0.25) is 0 Å².